The molecule has 3 heterocycles. The third-order valence-electron chi connectivity index (χ3n) is 9.77. The second kappa shape index (κ2) is 8.19. The fourth-order valence-corrected chi connectivity index (χ4v) is 6.88. The average molecular weight is 487 g/mol. The number of nitrogens with zero attached hydrogens (tertiary/aromatic N) is 3. The number of amides is 2. The summed E-state index contributed by atoms with van der Waals surface area (Å²) in [5.74, 6) is 3.59. The highest BCUT2D eigenvalue weighted by atomic mass is 16.2. The molecular weight excluding hydrogens is 448 g/mol. The summed E-state index contributed by atoms with van der Waals surface area (Å²) >= 11 is 0. The molecule has 0 aromatic carbocycles. The summed E-state index contributed by atoms with van der Waals surface area (Å²) < 4.78 is 0. The number of likely N-dealkylation sites (tertiary alicyclic amines) is 1. The highest BCUT2D eigenvalue weighted by molar-refractivity contribution is 6.17. The molecule has 7 rings (SSSR count). The van der Waals surface area contributed by atoms with Gasteiger partial charge >= 0.3 is 0 Å². The number of hydrogen-bond acceptors (Lipinski definition) is 4. The Hall–Kier alpha value is -2.63. The Labute approximate surface area is 214 Å². The predicted molar refractivity (Wildman–Crippen MR) is 140 cm³/mol. The van der Waals surface area contributed by atoms with Gasteiger partial charge in [0.2, 0.25) is 5.91 Å². The third-order valence-corrected chi connectivity index (χ3v) is 9.77. The van der Waals surface area contributed by atoms with Crippen LogP contribution in [-0.2, 0) is 9.59 Å². The zero-order valence-electron chi connectivity index (χ0n) is 21.6. The molecule has 2 amide bonds. The zero-order chi connectivity index (χ0) is 24.6. The predicted octanol–water partition coefficient (Wildman–Crippen LogP) is 3.98. The molecular formula is C30H38N4O2. The molecule has 4 fully saturated rings. The Morgan fingerprint density at radius 1 is 1.14 bits per heavy atom. The fraction of sp³-hybridized carbons (Fsp3) is 0.633. The van der Waals surface area contributed by atoms with E-state index in [0.717, 1.165) is 69.4 Å². The fourth-order valence-electron chi connectivity index (χ4n) is 6.88. The summed E-state index contributed by atoms with van der Waals surface area (Å²) in [6.07, 6.45) is 18.7. The molecule has 5 atom stereocenters. The van der Waals surface area contributed by atoms with Gasteiger partial charge in [-0.05, 0) is 75.2 Å². The van der Waals surface area contributed by atoms with Crippen molar-refractivity contribution in [3.8, 4) is 0 Å². The molecule has 6 heteroatoms. The monoisotopic (exact) mass is 486 g/mol. The van der Waals surface area contributed by atoms with Gasteiger partial charge in [-0.3, -0.25) is 19.5 Å². The highest BCUT2D eigenvalue weighted by Crippen LogP contribution is 2.47. The van der Waals surface area contributed by atoms with E-state index in [1.54, 1.807) is 0 Å². The molecule has 0 radical (unpaired) electrons. The Morgan fingerprint density at radius 2 is 1.94 bits per heavy atom. The first-order chi connectivity index (χ1) is 17.4. The summed E-state index contributed by atoms with van der Waals surface area (Å²) in [5, 5.41) is 3.63. The number of aliphatic imine (C=N–C) groups is 1. The van der Waals surface area contributed by atoms with Crippen LogP contribution < -0.4 is 5.32 Å². The number of amidine groups is 1. The Bertz CT molecular complexity index is 1150. The minimum Gasteiger partial charge on any atom is -0.382 e. The highest BCUT2D eigenvalue weighted by Gasteiger charge is 2.57. The number of rotatable bonds is 5. The SMILES string of the molecule is CC1NC2=CCC(C3C=CC(C4=NC5(CC5)C(=O)N4C[C@@H]4CCN(C(=O)C5CC5)C4)=CC3)C=C2C1C. The van der Waals surface area contributed by atoms with Crippen molar-refractivity contribution in [2.24, 2.45) is 34.6 Å². The zero-order valence-corrected chi connectivity index (χ0v) is 21.6. The van der Waals surface area contributed by atoms with E-state index in [9.17, 15) is 9.59 Å². The summed E-state index contributed by atoms with van der Waals surface area (Å²) in [5.41, 5.74) is 3.45. The van der Waals surface area contributed by atoms with E-state index >= 15 is 0 Å². The molecule has 2 saturated carbocycles. The van der Waals surface area contributed by atoms with Crippen LogP contribution in [0.2, 0.25) is 0 Å². The summed E-state index contributed by atoms with van der Waals surface area (Å²) in [4.78, 5) is 35.0. The largest absolute Gasteiger partial charge is 0.382 e. The number of fused-ring (bicyclic) bond motifs is 1. The van der Waals surface area contributed by atoms with Crippen molar-refractivity contribution in [3.63, 3.8) is 0 Å². The van der Waals surface area contributed by atoms with E-state index in [-0.39, 0.29) is 11.8 Å². The number of hydrogen-bond donors (Lipinski definition) is 1. The number of nitrogens with one attached hydrogen (secondary N) is 1. The smallest absolute Gasteiger partial charge is 0.256 e. The molecule has 6 nitrogen and oxygen atoms in total. The van der Waals surface area contributed by atoms with Crippen LogP contribution >= 0.6 is 0 Å². The first-order valence-corrected chi connectivity index (χ1v) is 14.2. The van der Waals surface area contributed by atoms with E-state index < -0.39 is 5.54 Å². The molecule has 0 aromatic rings. The second-order valence-electron chi connectivity index (χ2n) is 12.4. The molecule has 4 unspecified atom stereocenters. The lowest BCUT2D eigenvalue weighted by atomic mass is 9.78. The van der Waals surface area contributed by atoms with Crippen LogP contribution in [0.15, 0.2) is 52.2 Å². The van der Waals surface area contributed by atoms with Crippen molar-refractivity contribution < 1.29 is 9.59 Å². The average Bonchev–Trinajstić information content (AvgIpc) is 3.80. The van der Waals surface area contributed by atoms with Crippen LogP contribution in [0.4, 0.5) is 0 Å². The lowest BCUT2D eigenvalue weighted by Crippen LogP contribution is -2.41. The number of carbonyl (C=O) groups excluding carboxylic acids is 2. The van der Waals surface area contributed by atoms with Crippen molar-refractivity contribution in [3.05, 3.63) is 47.2 Å². The molecule has 2 saturated heterocycles. The normalized spacial score (nSPS) is 36.4. The molecule has 0 aromatic heterocycles. The van der Waals surface area contributed by atoms with Crippen molar-refractivity contribution in [2.45, 2.75) is 70.4 Å². The van der Waals surface area contributed by atoms with E-state index in [4.69, 9.17) is 4.99 Å². The lowest BCUT2D eigenvalue weighted by Gasteiger charge is -2.28. The van der Waals surface area contributed by atoms with E-state index in [0.29, 0.717) is 42.2 Å². The molecule has 1 spiro atoms. The number of allylic oxidation sites excluding steroid dienone is 5. The molecule has 4 aliphatic carbocycles. The first-order valence-electron chi connectivity index (χ1n) is 14.2. The van der Waals surface area contributed by atoms with Gasteiger partial charge in [0.05, 0.1) is 0 Å². The maximum atomic E-state index is 13.4. The Morgan fingerprint density at radius 3 is 2.67 bits per heavy atom. The minimum absolute atomic E-state index is 0.187. The maximum Gasteiger partial charge on any atom is 0.256 e. The van der Waals surface area contributed by atoms with Gasteiger partial charge in [0.15, 0.2) is 0 Å². The topological polar surface area (TPSA) is 65.0 Å². The first kappa shape index (κ1) is 22.6. The standard InChI is InChI=1S/C30H38N4O2/c1-18-19(2)31-26-10-9-24(15-25(18)26)21-3-5-22(6-4-21)27-32-30(12-13-30)29(36)34(27)17-20-11-14-33(16-20)28(35)23-7-8-23/h3,5-6,10,15,18-21,23-24,31H,4,7-9,11-14,16-17H2,1-2H3/t18?,19?,20-,21?,24?/m1/s1. The van der Waals surface area contributed by atoms with Crippen LogP contribution in [0.3, 0.4) is 0 Å². The van der Waals surface area contributed by atoms with Crippen molar-refractivity contribution in [1.29, 1.82) is 0 Å². The number of carbonyl (C=O) groups is 2. The van der Waals surface area contributed by atoms with Gasteiger partial charge < -0.3 is 10.2 Å². The summed E-state index contributed by atoms with van der Waals surface area (Å²) in [6, 6.07) is 0.507. The van der Waals surface area contributed by atoms with Gasteiger partial charge in [0.25, 0.3) is 5.91 Å². The molecule has 7 aliphatic rings. The second-order valence-corrected chi connectivity index (χ2v) is 12.4. The van der Waals surface area contributed by atoms with E-state index in [1.807, 2.05) is 9.80 Å². The van der Waals surface area contributed by atoms with Gasteiger partial charge in [-0.15, -0.1) is 0 Å². The third kappa shape index (κ3) is 3.71. The minimum atomic E-state index is -0.486. The van der Waals surface area contributed by atoms with Crippen LogP contribution in [0.5, 0.6) is 0 Å². The summed E-state index contributed by atoms with van der Waals surface area (Å²) in [7, 11) is 0. The van der Waals surface area contributed by atoms with Crippen molar-refractivity contribution >= 4 is 17.6 Å². The molecule has 36 heavy (non-hydrogen) atoms. The lowest BCUT2D eigenvalue weighted by molar-refractivity contribution is -0.131. The van der Waals surface area contributed by atoms with Crippen LogP contribution in [0.25, 0.3) is 0 Å². The van der Waals surface area contributed by atoms with Gasteiger partial charge in [-0.25, -0.2) is 0 Å². The Kier molecular flexibility index (Phi) is 5.13. The van der Waals surface area contributed by atoms with Gasteiger partial charge in [0.1, 0.15) is 11.4 Å². The molecule has 3 aliphatic heterocycles. The van der Waals surface area contributed by atoms with Crippen molar-refractivity contribution in [1.82, 2.24) is 15.1 Å². The van der Waals surface area contributed by atoms with Crippen LogP contribution in [0.1, 0.15) is 58.8 Å². The van der Waals surface area contributed by atoms with Gasteiger partial charge in [-0.1, -0.05) is 37.3 Å². The molecule has 0 bridgehead atoms. The van der Waals surface area contributed by atoms with Crippen LogP contribution in [-0.4, -0.2) is 58.7 Å². The van der Waals surface area contributed by atoms with Crippen molar-refractivity contribution in [2.75, 3.05) is 19.6 Å². The summed E-state index contributed by atoms with van der Waals surface area (Å²) in [6.45, 7) is 6.90. The van der Waals surface area contributed by atoms with Crippen LogP contribution in [0, 0.1) is 29.6 Å². The Balaban J connectivity index is 1.04. The quantitative estimate of drug-likeness (QED) is 0.639. The van der Waals surface area contributed by atoms with E-state index in [2.05, 4.69) is 49.5 Å². The molecule has 1 N–H and O–H groups in total. The molecule has 190 valence electrons. The van der Waals surface area contributed by atoms with E-state index in [1.165, 1.54) is 11.3 Å². The van der Waals surface area contributed by atoms with Gasteiger partial charge in [0, 0.05) is 48.8 Å². The van der Waals surface area contributed by atoms with Gasteiger partial charge in [-0.2, -0.15) is 0 Å². The maximum absolute atomic E-state index is 13.4.